The van der Waals surface area contributed by atoms with E-state index in [0.717, 1.165) is 0 Å². The second kappa shape index (κ2) is 3.66. The standard InChI is InChI=1S/C8H18N2OS/c1-7(2,3)12-5-8(4,10)6(9)11/h5,10H2,1-4H3,(H2,9,11). The van der Waals surface area contributed by atoms with E-state index in [4.69, 9.17) is 11.5 Å². The largest absolute Gasteiger partial charge is 0.368 e. The van der Waals surface area contributed by atoms with Crippen molar-refractivity contribution in [1.82, 2.24) is 0 Å². The summed E-state index contributed by atoms with van der Waals surface area (Å²) < 4.78 is 0.121. The first kappa shape index (κ1) is 11.8. The third-order valence-corrected chi connectivity index (χ3v) is 2.98. The van der Waals surface area contributed by atoms with Gasteiger partial charge >= 0.3 is 0 Å². The fraction of sp³-hybridized carbons (Fsp3) is 0.875. The molecule has 0 aliphatic rings. The number of nitrogens with two attached hydrogens (primary N) is 2. The van der Waals surface area contributed by atoms with Gasteiger partial charge in [0.2, 0.25) is 5.91 Å². The van der Waals surface area contributed by atoms with Crippen LogP contribution in [-0.4, -0.2) is 21.9 Å². The molecule has 0 spiro atoms. The van der Waals surface area contributed by atoms with Crippen LogP contribution in [0.3, 0.4) is 0 Å². The summed E-state index contributed by atoms with van der Waals surface area (Å²) in [5, 5.41) is 0. The summed E-state index contributed by atoms with van der Waals surface area (Å²) in [6, 6.07) is 0. The van der Waals surface area contributed by atoms with E-state index in [1.165, 1.54) is 0 Å². The number of thioether (sulfide) groups is 1. The minimum Gasteiger partial charge on any atom is -0.368 e. The number of hydrogen-bond donors (Lipinski definition) is 2. The highest BCUT2D eigenvalue weighted by molar-refractivity contribution is 8.00. The van der Waals surface area contributed by atoms with Gasteiger partial charge in [0.1, 0.15) is 5.54 Å². The zero-order valence-corrected chi connectivity index (χ0v) is 8.99. The van der Waals surface area contributed by atoms with Gasteiger partial charge in [-0.15, -0.1) is 0 Å². The molecule has 0 aliphatic heterocycles. The van der Waals surface area contributed by atoms with Crippen LogP contribution in [0, 0.1) is 0 Å². The summed E-state index contributed by atoms with van der Waals surface area (Å²) in [4.78, 5) is 10.8. The number of hydrogen-bond acceptors (Lipinski definition) is 3. The Morgan fingerprint density at radius 3 is 2.00 bits per heavy atom. The first-order chi connectivity index (χ1) is 5.15. The highest BCUT2D eigenvalue weighted by Gasteiger charge is 2.27. The molecule has 4 N–H and O–H groups in total. The summed E-state index contributed by atoms with van der Waals surface area (Å²) in [6.45, 7) is 7.90. The van der Waals surface area contributed by atoms with Crippen LogP contribution in [0.2, 0.25) is 0 Å². The number of carbonyl (C=O) groups excluding carboxylic acids is 1. The van der Waals surface area contributed by atoms with Crippen molar-refractivity contribution >= 4 is 17.7 Å². The number of amides is 1. The molecule has 0 bridgehead atoms. The van der Waals surface area contributed by atoms with Gasteiger partial charge in [0.25, 0.3) is 0 Å². The van der Waals surface area contributed by atoms with E-state index in [0.29, 0.717) is 5.75 Å². The Morgan fingerprint density at radius 1 is 1.33 bits per heavy atom. The second-order valence-corrected chi connectivity index (χ2v) is 5.98. The molecular weight excluding hydrogens is 172 g/mol. The zero-order valence-electron chi connectivity index (χ0n) is 8.18. The first-order valence-electron chi connectivity index (χ1n) is 3.88. The van der Waals surface area contributed by atoms with Crippen LogP contribution in [0.25, 0.3) is 0 Å². The lowest BCUT2D eigenvalue weighted by molar-refractivity contribution is -0.121. The molecule has 0 aromatic rings. The Hall–Kier alpha value is -0.220. The van der Waals surface area contributed by atoms with Gasteiger partial charge in [-0.2, -0.15) is 11.8 Å². The lowest BCUT2D eigenvalue weighted by Gasteiger charge is -2.25. The Bertz CT molecular complexity index is 172. The molecule has 1 amide bonds. The molecule has 0 aromatic heterocycles. The molecule has 3 nitrogen and oxygen atoms in total. The predicted molar refractivity (Wildman–Crippen MR) is 54.0 cm³/mol. The van der Waals surface area contributed by atoms with Crippen molar-refractivity contribution < 1.29 is 4.79 Å². The van der Waals surface area contributed by atoms with Crippen LogP contribution in [0.4, 0.5) is 0 Å². The van der Waals surface area contributed by atoms with Crippen molar-refractivity contribution in [3.63, 3.8) is 0 Å². The summed E-state index contributed by atoms with van der Waals surface area (Å²) >= 11 is 1.64. The van der Waals surface area contributed by atoms with Gasteiger partial charge in [-0.1, -0.05) is 20.8 Å². The smallest absolute Gasteiger partial charge is 0.238 e. The Labute approximate surface area is 78.3 Å². The molecule has 0 fully saturated rings. The summed E-state index contributed by atoms with van der Waals surface area (Å²) in [5.74, 6) is 0.116. The van der Waals surface area contributed by atoms with E-state index in [-0.39, 0.29) is 4.75 Å². The minimum absolute atomic E-state index is 0.121. The third-order valence-electron chi connectivity index (χ3n) is 1.37. The molecular formula is C8H18N2OS. The van der Waals surface area contributed by atoms with Gasteiger partial charge in [0.05, 0.1) is 0 Å². The Morgan fingerprint density at radius 2 is 1.75 bits per heavy atom. The van der Waals surface area contributed by atoms with Gasteiger partial charge in [0.15, 0.2) is 0 Å². The number of carbonyl (C=O) groups is 1. The van der Waals surface area contributed by atoms with E-state index in [9.17, 15) is 4.79 Å². The quantitative estimate of drug-likeness (QED) is 0.689. The van der Waals surface area contributed by atoms with E-state index < -0.39 is 11.4 Å². The molecule has 0 saturated carbocycles. The van der Waals surface area contributed by atoms with Crippen LogP contribution in [0.15, 0.2) is 0 Å². The summed E-state index contributed by atoms with van der Waals surface area (Å²) in [7, 11) is 0. The Balaban J connectivity index is 4.01. The summed E-state index contributed by atoms with van der Waals surface area (Å²) in [6.07, 6.45) is 0. The third kappa shape index (κ3) is 4.62. The maximum absolute atomic E-state index is 10.8. The molecule has 1 atom stereocenters. The molecule has 12 heavy (non-hydrogen) atoms. The van der Waals surface area contributed by atoms with Gasteiger partial charge in [-0.25, -0.2) is 0 Å². The van der Waals surface area contributed by atoms with Crippen molar-refractivity contribution in [2.45, 2.75) is 38.0 Å². The zero-order chi connectivity index (χ0) is 9.99. The minimum atomic E-state index is -0.891. The van der Waals surface area contributed by atoms with Crippen LogP contribution in [0.1, 0.15) is 27.7 Å². The first-order valence-corrected chi connectivity index (χ1v) is 4.86. The monoisotopic (exact) mass is 190 g/mol. The van der Waals surface area contributed by atoms with Crippen molar-refractivity contribution in [2.24, 2.45) is 11.5 Å². The lowest BCUT2D eigenvalue weighted by atomic mass is 10.1. The summed E-state index contributed by atoms with van der Waals surface area (Å²) in [5.41, 5.74) is 9.90. The topological polar surface area (TPSA) is 69.1 Å². The molecule has 0 saturated heterocycles. The normalized spacial score (nSPS) is 17.1. The molecule has 1 unspecified atom stereocenters. The van der Waals surface area contributed by atoms with Crippen molar-refractivity contribution in [3.05, 3.63) is 0 Å². The van der Waals surface area contributed by atoms with Crippen LogP contribution < -0.4 is 11.5 Å². The molecule has 0 aromatic carbocycles. The van der Waals surface area contributed by atoms with E-state index >= 15 is 0 Å². The van der Waals surface area contributed by atoms with Crippen LogP contribution >= 0.6 is 11.8 Å². The predicted octanol–water partition coefficient (Wildman–Crippen LogP) is 0.721. The highest BCUT2D eigenvalue weighted by atomic mass is 32.2. The fourth-order valence-corrected chi connectivity index (χ4v) is 1.31. The van der Waals surface area contributed by atoms with Gasteiger partial charge in [0, 0.05) is 10.5 Å². The highest BCUT2D eigenvalue weighted by Crippen LogP contribution is 2.25. The second-order valence-electron chi connectivity index (χ2n) is 4.18. The average molecular weight is 190 g/mol. The van der Waals surface area contributed by atoms with Crippen molar-refractivity contribution in [3.8, 4) is 0 Å². The van der Waals surface area contributed by atoms with E-state index in [1.54, 1.807) is 18.7 Å². The molecule has 72 valence electrons. The lowest BCUT2D eigenvalue weighted by Crippen LogP contribution is -2.52. The van der Waals surface area contributed by atoms with E-state index in [1.807, 2.05) is 0 Å². The Kier molecular flexibility index (Phi) is 3.59. The fourth-order valence-electron chi connectivity index (χ4n) is 0.438. The number of primary amides is 1. The van der Waals surface area contributed by atoms with Crippen molar-refractivity contribution in [2.75, 3.05) is 5.75 Å². The molecule has 0 heterocycles. The maximum Gasteiger partial charge on any atom is 0.238 e. The molecule has 0 aliphatic carbocycles. The molecule has 0 rings (SSSR count). The van der Waals surface area contributed by atoms with Crippen LogP contribution in [0.5, 0.6) is 0 Å². The van der Waals surface area contributed by atoms with Gasteiger partial charge in [-0.05, 0) is 6.92 Å². The molecule has 0 radical (unpaired) electrons. The number of rotatable bonds is 3. The maximum atomic E-state index is 10.8. The average Bonchev–Trinajstić information content (AvgIpc) is 1.82. The van der Waals surface area contributed by atoms with Crippen molar-refractivity contribution in [1.29, 1.82) is 0 Å². The van der Waals surface area contributed by atoms with Gasteiger partial charge in [-0.3, -0.25) is 4.79 Å². The van der Waals surface area contributed by atoms with Crippen LogP contribution in [-0.2, 0) is 4.79 Å². The van der Waals surface area contributed by atoms with E-state index in [2.05, 4.69) is 20.8 Å². The SMILES string of the molecule is CC(C)(C)SCC(C)(N)C(N)=O. The van der Waals surface area contributed by atoms with Gasteiger partial charge < -0.3 is 11.5 Å². The molecule has 4 heteroatoms.